The molecule has 0 aliphatic heterocycles. The lowest BCUT2D eigenvalue weighted by atomic mass is 9.99. The highest BCUT2D eigenvalue weighted by atomic mass is 79.9. The molecule has 0 amide bonds. The summed E-state index contributed by atoms with van der Waals surface area (Å²) >= 11 is 3.44. The molecule has 2 aromatic carbocycles. The molecule has 0 bridgehead atoms. The SMILES string of the molecule is O=Cc1[nH]ncc1Cc1cccc(-c2ccc(Br)cc2)c1. The highest BCUT2D eigenvalue weighted by Crippen LogP contribution is 2.23. The van der Waals surface area contributed by atoms with E-state index in [0.29, 0.717) is 12.1 Å². The number of nitrogens with one attached hydrogen (secondary N) is 1. The Balaban J connectivity index is 1.89. The summed E-state index contributed by atoms with van der Waals surface area (Å²) in [5.41, 5.74) is 4.95. The van der Waals surface area contributed by atoms with Crippen LogP contribution in [-0.4, -0.2) is 16.5 Å². The number of carbonyl (C=O) groups excluding carboxylic acids is 1. The van der Waals surface area contributed by atoms with Gasteiger partial charge in [-0.15, -0.1) is 0 Å². The lowest BCUT2D eigenvalue weighted by Gasteiger charge is -2.05. The summed E-state index contributed by atoms with van der Waals surface area (Å²) in [6, 6.07) is 16.5. The highest BCUT2D eigenvalue weighted by molar-refractivity contribution is 9.10. The Morgan fingerprint density at radius 3 is 2.67 bits per heavy atom. The van der Waals surface area contributed by atoms with Crippen molar-refractivity contribution >= 4 is 22.2 Å². The van der Waals surface area contributed by atoms with E-state index >= 15 is 0 Å². The summed E-state index contributed by atoms with van der Waals surface area (Å²) in [5.74, 6) is 0. The lowest BCUT2D eigenvalue weighted by molar-refractivity contribution is 0.111. The number of hydrogen-bond acceptors (Lipinski definition) is 2. The average molecular weight is 341 g/mol. The van der Waals surface area contributed by atoms with Crippen molar-refractivity contribution in [1.82, 2.24) is 10.2 Å². The van der Waals surface area contributed by atoms with Crippen LogP contribution in [0.5, 0.6) is 0 Å². The maximum Gasteiger partial charge on any atom is 0.168 e. The van der Waals surface area contributed by atoms with Crippen LogP contribution in [0.25, 0.3) is 11.1 Å². The van der Waals surface area contributed by atoms with Gasteiger partial charge in [-0.1, -0.05) is 52.3 Å². The molecule has 1 N–H and O–H groups in total. The fraction of sp³-hybridized carbons (Fsp3) is 0.0588. The number of aldehydes is 1. The van der Waals surface area contributed by atoms with Gasteiger partial charge < -0.3 is 0 Å². The van der Waals surface area contributed by atoms with Crippen molar-refractivity contribution in [2.24, 2.45) is 0 Å². The van der Waals surface area contributed by atoms with Crippen LogP contribution in [0, 0.1) is 0 Å². The topological polar surface area (TPSA) is 45.8 Å². The predicted octanol–water partition coefficient (Wildman–Crippen LogP) is 4.24. The molecule has 21 heavy (non-hydrogen) atoms. The Labute approximate surface area is 131 Å². The molecule has 0 spiro atoms. The molecule has 0 radical (unpaired) electrons. The van der Waals surface area contributed by atoms with Gasteiger partial charge in [-0.3, -0.25) is 9.89 Å². The molecule has 0 atom stereocenters. The second kappa shape index (κ2) is 6.06. The fourth-order valence-electron chi connectivity index (χ4n) is 2.29. The predicted molar refractivity (Wildman–Crippen MR) is 86.4 cm³/mol. The third-order valence-electron chi connectivity index (χ3n) is 3.37. The van der Waals surface area contributed by atoms with Crippen molar-refractivity contribution < 1.29 is 4.79 Å². The molecular formula is C17H13BrN2O. The number of aromatic nitrogens is 2. The number of carbonyl (C=O) groups is 1. The normalized spacial score (nSPS) is 10.5. The molecule has 3 nitrogen and oxygen atoms in total. The van der Waals surface area contributed by atoms with Crippen LogP contribution in [0.1, 0.15) is 21.6 Å². The summed E-state index contributed by atoms with van der Waals surface area (Å²) in [7, 11) is 0. The van der Waals surface area contributed by atoms with E-state index in [2.05, 4.69) is 56.5 Å². The van der Waals surface area contributed by atoms with Gasteiger partial charge in [0.05, 0.1) is 6.20 Å². The van der Waals surface area contributed by atoms with Gasteiger partial charge in [0.15, 0.2) is 6.29 Å². The van der Waals surface area contributed by atoms with E-state index in [4.69, 9.17) is 0 Å². The molecule has 4 heteroatoms. The number of benzene rings is 2. The third-order valence-corrected chi connectivity index (χ3v) is 3.90. The van der Waals surface area contributed by atoms with E-state index in [1.807, 2.05) is 18.2 Å². The summed E-state index contributed by atoms with van der Waals surface area (Å²) in [6.07, 6.45) is 3.20. The van der Waals surface area contributed by atoms with Gasteiger partial charge in [-0.25, -0.2) is 0 Å². The first kappa shape index (κ1) is 13.8. The quantitative estimate of drug-likeness (QED) is 0.722. The van der Waals surface area contributed by atoms with Crippen molar-refractivity contribution in [1.29, 1.82) is 0 Å². The van der Waals surface area contributed by atoms with Gasteiger partial charge in [-0.2, -0.15) is 5.10 Å². The number of hydrogen-bond donors (Lipinski definition) is 1. The molecule has 0 aliphatic carbocycles. The molecule has 0 aliphatic rings. The number of rotatable bonds is 4. The summed E-state index contributed by atoms with van der Waals surface area (Å²) in [5, 5.41) is 6.62. The maximum atomic E-state index is 10.9. The molecular weight excluding hydrogens is 328 g/mol. The van der Waals surface area contributed by atoms with Crippen LogP contribution in [0.3, 0.4) is 0 Å². The fourth-order valence-corrected chi connectivity index (χ4v) is 2.55. The van der Waals surface area contributed by atoms with Crippen molar-refractivity contribution in [3.63, 3.8) is 0 Å². The number of aromatic amines is 1. The van der Waals surface area contributed by atoms with Crippen molar-refractivity contribution in [3.05, 3.63) is 76.0 Å². The largest absolute Gasteiger partial charge is 0.296 e. The molecule has 104 valence electrons. The smallest absolute Gasteiger partial charge is 0.168 e. The second-order valence-corrected chi connectivity index (χ2v) is 5.73. The van der Waals surface area contributed by atoms with Crippen LogP contribution < -0.4 is 0 Å². The molecule has 0 unspecified atom stereocenters. The molecule has 0 fully saturated rings. The Kier molecular flexibility index (Phi) is 3.97. The second-order valence-electron chi connectivity index (χ2n) is 4.81. The van der Waals surface area contributed by atoms with E-state index < -0.39 is 0 Å². The van der Waals surface area contributed by atoms with E-state index in [9.17, 15) is 4.79 Å². The van der Waals surface area contributed by atoms with Crippen molar-refractivity contribution in [2.45, 2.75) is 6.42 Å². The maximum absolute atomic E-state index is 10.9. The summed E-state index contributed by atoms with van der Waals surface area (Å²) in [6.45, 7) is 0. The first-order valence-corrected chi connectivity index (χ1v) is 7.38. The van der Waals surface area contributed by atoms with Gasteiger partial charge in [0.1, 0.15) is 5.69 Å². The average Bonchev–Trinajstić information content (AvgIpc) is 2.95. The molecule has 0 saturated carbocycles. The van der Waals surface area contributed by atoms with E-state index in [0.717, 1.165) is 27.4 Å². The molecule has 3 rings (SSSR count). The summed E-state index contributed by atoms with van der Waals surface area (Å²) < 4.78 is 1.07. The van der Waals surface area contributed by atoms with Crippen LogP contribution in [0.15, 0.2) is 59.2 Å². The van der Waals surface area contributed by atoms with Crippen LogP contribution in [-0.2, 0) is 6.42 Å². The van der Waals surface area contributed by atoms with Gasteiger partial charge in [0.25, 0.3) is 0 Å². The van der Waals surface area contributed by atoms with Crippen LogP contribution >= 0.6 is 15.9 Å². The first-order chi connectivity index (χ1) is 10.3. The first-order valence-electron chi connectivity index (χ1n) is 6.58. The van der Waals surface area contributed by atoms with Gasteiger partial charge >= 0.3 is 0 Å². The molecule has 1 heterocycles. The summed E-state index contributed by atoms with van der Waals surface area (Å²) in [4.78, 5) is 10.9. The molecule has 1 aromatic heterocycles. The number of H-pyrrole nitrogens is 1. The zero-order chi connectivity index (χ0) is 14.7. The minimum Gasteiger partial charge on any atom is -0.296 e. The van der Waals surface area contributed by atoms with E-state index in [-0.39, 0.29) is 0 Å². The minimum absolute atomic E-state index is 0.545. The van der Waals surface area contributed by atoms with Crippen molar-refractivity contribution in [2.75, 3.05) is 0 Å². The Hall–Kier alpha value is -2.20. The number of nitrogens with zero attached hydrogens (tertiary/aromatic N) is 1. The highest BCUT2D eigenvalue weighted by Gasteiger charge is 2.06. The van der Waals surface area contributed by atoms with Crippen molar-refractivity contribution in [3.8, 4) is 11.1 Å². The van der Waals surface area contributed by atoms with E-state index in [1.165, 1.54) is 5.56 Å². The molecule has 0 saturated heterocycles. The Morgan fingerprint density at radius 2 is 1.90 bits per heavy atom. The molecule has 3 aromatic rings. The van der Waals surface area contributed by atoms with E-state index in [1.54, 1.807) is 6.20 Å². The van der Waals surface area contributed by atoms with Gasteiger partial charge in [0, 0.05) is 16.5 Å². The van der Waals surface area contributed by atoms with Crippen LogP contribution in [0.4, 0.5) is 0 Å². The van der Waals surface area contributed by atoms with Gasteiger partial charge in [0.2, 0.25) is 0 Å². The van der Waals surface area contributed by atoms with Crippen LogP contribution in [0.2, 0.25) is 0 Å². The Bertz CT molecular complexity index is 762. The standard InChI is InChI=1S/C17H13BrN2O/c18-16-6-4-13(5-7-16)14-3-1-2-12(8-14)9-15-10-19-20-17(15)11-21/h1-8,10-11H,9H2,(H,19,20). The zero-order valence-electron chi connectivity index (χ0n) is 11.2. The third kappa shape index (κ3) is 3.11. The lowest BCUT2D eigenvalue weighted by Crippen LogP contribution is -1.92. The minimum atomic E-state index is 0.545. The Morgan fingerprint density at radius 1 is 1.10 bits per heavy atom. The van der Waals surface area contributed by atoms with Gasteiger partial charge in [-0.05, 0) is 28.8 Å². The monoisotopic (exact) mass is 340 g/mol. The zero-order valence-corrected chi connectivity index (χ0v) is 12.8. The number of halogens is 1.